The molecule has 0 unspecified atom stereocenters. The Balaban J connectivity index is 1.95. The lowest BCUT2D eigenvalue weighted by molar-refractivity contribution is 0.191. The lowest BCUT2D eigenvalue weighted by Crippen LogP contribution is -2.25. The van der Waals surface area contributed by atoms with Gasteiger partial charge in [0.15, 0.2) is 0 Å². The molecule has 2 fully saturated rings. The van der Waals surface area contributed by atoms with Crippen molar-refractivity contribution in [1.82, 2.24) is 0 Å². The summed E-state index contributed by atoms with van der Waals surface area (Å²) in [5.74, 6) is 0.895. The van der Waals surface area contributed by atoms with Crippen LogP contribution in [-0.2, 0) is 4.74 Å². The largest absolute Gasteiger partial charge is 0.370 e. The van der Waals surface area contributed by atoms with Crippen LogP contribution < -0.4 is 0 Å². The van der Waals surface area contributed by atoms with Gasteiger partial charge in [0.05, 0.1) is 12.2 Å². The Morgan fingerprint density at radius 2 is 1.82 bits per heavy atom. The average Bonchev–Trinajstić information content (AvgIpc) is 2.60. The van der Waals surface area contributed by atoms with Gasteiger partial charge in [0, 0.05) is 0 Å². The number of rotatable bonds is 0. The molecule has 0 aromatic heterocycles. The normalized spacial score (nSPS) is 43.4. The molecule has 0 amide bonds. The molecule has 64 valence electrons. The van der Waals surface area contributed by atoms with Gasteiger partial charge in [-0.25, -0.2) is 0 Å². The van der Waals surface area contributed by atoms with Crippen molar-refractivity contribution >= 4 is 0 Å². The SMILES string of the molecule is CC(C)(C)[C@H]1CC[C@@H]2O[C@@H]2C1. The molecule has 2 rings (SSSR count). The molecule has 11 heavy (non-hydrogen) atoms. The van der Waals surface area contributed by atoms with Gasteiger partial charge in [-0.1, -0.05) is 20.8 Å². The molecule has 1 heteroatoms. The van der Waals surface area contributed by atoms with Crippen LogP contribution in [0.3, 0.4) is 0 Å². The second-order valence-corrected chi connectivity index (χ2v) is 5.09. The van der Waals surface area contributed by atoms with Gasteiger partial charge in [-0.3, -0.25) is 0 Å². The molecule has 0 bridgehead atoms. The third kappa shape index (κ3) is 1.44. The van der Waals surface area contributed by atoms with Gasteiger partial charge >= 0.3 is 0 Å². The highest BCUT2D eigenvalue weighted by molar-refractivity contribution is 4.94. The molecule has 0 N–H and O–H groups in total. The highest BCUT2D eigenvalue weighted by Gasteiger charge is 2.46. The van der Waals surface area contributed by atoms with E-state index >= 15 is 0 Å². The van der Waals surface area contributed by atoms with Gasteiger partial charge in [0.25, 0.3) is 0 Å². The van der Waals surface area contributed by atoms with E-state index in [9.17, 15) is 0 Å². The van der Waals surface area contributed by atoms with Crippen molar-refractivity contribution in [3.05, 3.63) is 0 Å². The van der Waals surface area contributed by atoms with Crippen LogP contribution in [0, 0.1) is 11.3 Å². The zero-order valence-corrected chi connectivity index (χ0v) is 7.76. The molecule has 1 saturated heterocycles. The van der Waals surface area contributed by atoms with Crippen LogP contribution in [0.1, 0.15) is 40.0 Å². The summed E-state index contributed by atoms with van der Waals surface area (Å²) >= 11 is 0. The van der Waals surface area contributed by atoms with Gasteiger partial charge in [-0.15, -0.1) is 0 Å². The van der Waals surface area contributed by atoms with Gasteiger partial charge in [-0.05, 0) is 30.6 Å². The van der Waals surface area contributed by atoms with Crippen LogP contribution in [0.4, 0.5) is 0 Å². The van der Waals surface area contributed by atoms with Crippen molar-refractivity contribution in [3.63, 3.8) is 0 Å². The third-order valence-corrected chi connectivity index (χ3v) is 3.23. The van der Waals surface area contributed by atoms with Crippen molar-refractivity contribution in [2.75, 3.05) is 0 Å². The lowest BCUT2D eigenvalue weighted by atomic mass is 9.72. The van der Waals surface area contributed by atoms with E-state index in [0.29, 0.717) is 17.6 Å². The Labute approximate surface area is 69.1 Å². The molecular formula is C10H18O. The Kier molecular flexibility index (Phi) is 1.54. The van der Waals surface area contributed by atoms with Crippen LogP contribution in [0.5, 0.6) is 0 Å². The van der Waals surface area contributed by atoms with Crippen molar-refractivity contribution in [1.29, 1.82) is 0 Å². The summed E-state index contributed by atoms with van der Waals surface area (Å²) in [5.41, 5.74) is 0.497. The Morgan fingerprint density at radius 1 is 1.09 bits per heavy atom. The minimum absolute atomic E-state index is 0.497. The number of epoxide rings is 1. The fourth-order valence-electron chi connectivity index (χ4n) is 2.19. The van der Waals surface area contributed by atoms with Gasteiger partial charge < -0.3 is 4.74 Å². The Hall–Kier alpha value is -0.0400. The Morgan fingerprint density at radius 3 is 2.36 bits per heavy atom. The summed E-state index contributed by atoms with van der Waals surface area (Å²) in [4.78, 5) is 0. The second-order valence-electron chi connectivity index (χ2n) is 5.09. The minimum atomic E-state index is 0.497. The average molecular weight is 154 g/mol. The molecule has 1 nitrogen and oxygen atoms in total. The van der Waals surface area contributed by atoms with Crippen molar-refractivity contribution in [2.45, 2.75) is 52.2 Å². The zero-order valence-electron chi connectivity index (χ0n) is 7.76. The van der Waals surface area contributed by atoms with Crippen molar-refractivity contribution < 1.29 is 4.74 Å². The molecule has 2 aliphatic rings. The lowest BCUT2D eigenvalue weighted by Gasteiger charge is -2.32. The molecule has 1 saturated carbocycles. The maximum absolute atomic E-state index is 5.50. The van der Waals surface area contributed by atoms with E-state index in [2.05, 4.69) is 20.8 Å². The summed E-state index contributed by atoms with van der Waals surface area (Å²) < 4.78 is 5.50. The first-order valence-corrected chi connectivity index (χ1v) is 4.73. The van der Waals surface area contributed by atoms with E-state index in [0.717, 1.165) is 5.92 Å². The van der Waals surface area contributed by atoms with Crippen molar-refractivity contribution in [3.8, 4) is 0 Å². The molecule has 0 radical (unpaired) electrons. The van der Waals surface area contributed by atoms with Gasteiger partial charge in [-0.2, -0.15) is 0 Å². The first kappa shape index (κ1) is 7.60. The first-order valence-electron chi connectivity index (χ1n) is 4.73. The topological polar surface area (TPSA) is 12.5 Å². The van der Waals surface area contributed by atoms with E-state index in [1.165, 1.54) is 19.3 Å². The van der Waals surface area contributed by atoms with Crippen LogP contribution >= 0.6 is 0 Å². The van der Waals surface area contributed by atoms with Gasteiger partial charge in [0.2, 0.25) is 0 Å². The second kappa shape index (κ2) is 2.22. The summed E-state index contributed by atoms with van der Waals surface area (Å²) in [7, 11) is 0. The summed E-state index contributed by atoms with van der Waals surface area (Å²) in [5, 5.41) is 0. The molecule has 0 spiro atoms. The fraction of sp³-hybridized carbons (Fsp3) is 1.00. The standard InChI is InChI=1S/C10H18O/c1-10(2,3)7-4-5-8-9(6-7)11-8/h7-9H,4-6H2,1-3H3/t7-,8-,9+/m0/s1. The smallest absolute Gasteiger partial charge is 0.0844 e. The van der Waals surface area contributed by atoms with Crippen molar-refractivity contribution in [2.24, 2.45) is 11.3 Å². The zero-order chi connectivity index (χ0) is 8.06. The maximum atomic E-state index is 5.50. The Bertz CT molecular complexity index is 157. The van der Waals surface area contributed by atoms with E-state index in [-0.39, 0.29) is 0 Å². The van der Waals surface area contributed by atoms with Crippen LogP contribution in [-0.4, -0.2) is 12.2 Å². The molecule has 1 heterocycles. The van der Waals surface area contributed by atoms with Crippen LogP contribution in [0.15, 0.2) is 0 Å². The predicted molar refractivity (Wildman–Crippen MR) is 45.5 cm³/mol. The predicted octanol–water partition coefficient (Wildman–Crippen LogP) is 2.60. The molecule has 3 atom stereocenters. The highest BCUT2D eigenvalue weighted by Crippen LogP contribution is 2.45. The highest BCUT2D eigenvalue weighted by atomic mass is 16.6. The number of hydrogen-bond donors (Lipinski definition) is 0. The van der Waals surface area contributed by atoms with Crippen LogP contribution in [0.2, 0.25) is 0 Å². The van der Waals surface area contributed by atoms with Crippen LogP contribution in [0.25, 0.3) is 0 Å². The summed E-state index contributed by atoms with van der Waals surface area (Å²) in [6.07, 6.45) is 5.31. The van der Waals surface area contributed by atoms with Gasteiger partial charge in [0.1, 0.15) is 0 Å². The first-order chi connectivity index (χ1) is 5.07. The molecule has 0 aromatic rings. The summed E-state index contributed by atoms with van der Waals surface area (Å²) in [6, 6.07) is 0. The maximum Gasteiger partial charge on any atom is 0.0844 e. The molecule has 0 aromatic carbocycles. The fourth-order valence-corrected chi connectivity index (χ4v) is 2.19. The molecular weight excluding hydrogens is 136 g/mol. The van der Waals surface area contributed by atoms with E-state index in [1.807, 2.05) is 0 Å². The number of fused-ring (bicyclic) bond motifs is 1. The number of ether oxygens (including phenoxy) is 1. The quantitative estimate of drug-likeness (QED) is 0.489. The van der Waals surface area contributed by atoms with E-state index in [1.54, 1.807) is 0 Å². The van der Waals surface area contributed by atoms with E-state index in [4.69, 9.17) is 4.74 Å². The number of hydrogen-bond acceptors (Lipinski definition) is 1. The van der Waals surface area contributed by atoms with E-state index < -0.39 is 0 Å². The summed E-state index contributed by atoms with van der Waals surface area (Å²) in [6.45, 7) is 7.04. The molecule has 1 aliphatic carbocycles. The third-order valence-electron chi connectivity index (χ3n) is 3.23. The monoisotopic (exact) mass is 154 g/mol. The molecule has 1 aliphatic heterocycles. The minimum Gasteiger partial charge on any atom is -0.370 e.